The van der Waals surface area contributed by atoms with Crippen molar-refractivity contribution in [1.29, 1.82) is 0 Å². The van der Waals surface area contributed by atoms with Crippen LogP contribution >= 0.6 is 11.8 Å². The van der Waals surface area contributed by atoms with Gasteiger partial charge in [0.25, 0.3) is 0 Å². The minimum absolute atomic E-state index is 0.188. The van der Waals surface area contributed by atoms with Crippen LogP contribution in [0.25, 0.3) is 0 Å². The fraction of sp³-hybridized carbons (Fsp3) is 0.571. The second kappa shape index (κ2) is 9.45. The Morgan fingerprint density at radius 1 is 1.25 bits per heavy atom. The zero-order chi connectivity index (χ0) is 20.1. The van der Waals surface area contributed by atoms with Crippen molar-refractivity contribution in [2.24, 2.45) is 0 Å². The van der Waals surface area contributed by atoms with Gasteiger partial charge >= 0.3 is 0 Å². The van der Waals surface area contributed by atoms with Crippen LogP contribution in [0.3, 0.4) is 0 Å². The summed E-state index contributed by atoms with van der Waals surface area (Å²) < 4.78 is 7.89. The van der Waals surface area contributed by atoms with E-state index in [9.17, 15) is 4.79 Å². The molecule has 0 aliphatic carbocycles. The molecule has 3 rings (SSSR count). The summed E-state index contributed by atoms with van der Waals surface area (Å²) in [5, 5.41) is 9.36. The maximum absolute atomic E-state index is 12.8. The molecule has 0 bridgehead atoms. The lowest BCUT2D eigenvalue weighted by Crippen LogP contribution is -2.48. The number of piperidine rings is 1. The smallest absolute Gasteiger partial charge is 0.233 e. The maximum Gasteiger partial charge on any atom is 0.233 e. The molecule has 0 radical (unpaired) electrons. The van der Waals surface area contributed by atoms with Crippen LogP contribution in [-0.2, 0) is 17.9 Å². The van der Waals surface area contributed by atoms with Crippen LogP contribution in [0.2, 0.25) is 0 Å². The van der Waals surface area contributed by atoms with Gasteiger partial charge in [-0.3, -0.25) is 4.79 Å². The van der Waals surface area contributed by atoms with Crippen LogP contribution < -0.4 is 4.74 Å². The number of amides is 1. The van der Waals surface area contributed by atoms with Gasteiger partial charge in [0.15, 0.2) is 11.0 Å². The Labute approximate surface area is 171 Å². The molecule has 1 saturated heterocycles. The number of aromatic nitrogens is 3. The maximum atomic E-state index is 12.8. The topological polar surface area (TPSA) is 60.2 Å². The first-order valence-corrected chi connectivity index (χ1v) is 11.0. The van der Waals surface area contributed by atoms with Crippen molar-refractivity contribution in [1.82, 2.24) is 19.7 Å². The highest BCUT2D eigenvalue weighted by Crippen LogP contribution is 2.25. The molecule has 0 N–H and O–H groups in total. The predicted molar refractivity (Wildman–Crippen MR) is 112 cm³/mol. The van der Waals surface area contributed by atoms with Gasteiger partial charge in [0.05, 0.1) is 5.75 Å². The van der Waals surface area contributed by atoms with Gasteiger partial charge in [-0.1, -0.05) is 23.9 Å². The lowest BCUT2D eigenvalue weighted by Gasteiger charge is -2.39. The Kier molecular flexibility index (Phi) is 6.99. The Morgan fingerprint density at radius 3 is 2.68 bits per heavy atom. The Balaban J connectivity index is 1.61. The molecule has 1 aliphatic heterocycles. The molecular weight excluding hydrogens is 372 g/mol. The molecule has 7 heteroatoms. The molecule has 6 nitrogen and oxygen atoms in total. The van der Waals surface area contributed by atoms with E-state index in [0.29, 0.717) is 24.4 Å². The number of carbonyl (C=O) groups excluding carboxylic acids is 1. The van der Waals surface area contributed by atoms with Crippen LogP contribution in [0, 0.1) is 6.92 Å². The van der Waals surface area contributed by atoms with E-state index in [4.69, 9.17) is 4.74 Å². The number of hydrogen-bond donors (Lipinski definition) is 0. The van der Waals surface area contributed by atoms with E-state index in [0.717, 1.165) is 41.7 Å². The van der Waals surface area contributed by atoms with E-state index in [1.807, 2.05) is 40.7 Å². The highest BCUT2D eigenvalue weighted by atomic mass is 32.2. The molecule has 1 aromatic carbocycles. The largest absolute Gasteiger partial charge is 0.486 e. The first kappa shape index (κ1) is 20.7. The number of hydrogen-bond acceptors (Lipinski definition) is 5. The molecule has 28 heavy (non-hydrogen) atoms. The van der Waals surface area contributed by atoms with Crippen LogP contribution in [0.15, 0.2) is 29.4 Å². The van der Waals surface area contributed by atoms with Crippen molar-refractivity contribution >= 4 is 17.7 Å². The minimum Gasteiger partial charge on any atom is -0.486 e. The summed E-state index contributed by atoms with van der Waals surface area (Å²) in [6.45, 7) is 9.49. The standard InChI is InChI=1S/C21H30N4O2S/c1-5-24-19(13-27-18-11-6-8-15(2)12-18)22-23-21(24)28-14-20(26)25-16(3)9-7-10-17(25)4/h6,8,11-12,16-17H,5,7,9-10,13-14H2,1-4H3/t16-,17-/m1/s1. The summed E-state index contributed by atoms with van der Waals surface area (Å²) in [5.41, 5.74) is 1.16. The van der Waals surface area contributed by atoms with Crippen molar-refractivity contribution in [2.75, 3.05) is 5.75 Å². The number of aryl methyl sites for hydroxylation is 1. The van der Waals surface area contributed by atoms with E-state index in [2.05, 4.69) is 31.0 Å². The second-order valence-electron chi connectivity index (χ2n) is 7.47. The zero-order valence-corrected chi connectivity index (χ0v) is 18.0. The summed E-state index contributed by atoms with van der Waals surface area (Å²) in [6, 6.07) is 8.59. The van der Waals surface area contributed by atoms with Crippen molar-refractivity contribution < 1.29 is 9.53 Å². The Hall–Kier alpha value is -2.02. The molecule has 152 valence electrons. The van der Waals surface area contributed by atoms with Crippen LogP contribution in [0.5, 0.6) is 5.75 Å². The number of likely N-dealkylation sites (tertiary alicyclic amines) is 1. The van der Waals surface area contributed by atoms with Gasteiger partial charge in [-0.05, 0) is 64.7 Å². The summed E-state index contributed by atoms with van der Waals surface area (Å²) >= 11 is 1.46. The normalized spacial score (nSPS) is 19.6. The number of nitrogens with zero attached hydrogens (tertiary/aromatic N) is 4. The molecule has 1 aliphatic rings. The number of rotatable bonds is 7. The third kappa shape index (κ3) is 4.87. The lowest BCUT2D eigenvalue weighted by molar-refractivity contribution is -0.134. The van der Waals surface area contributed by atoms with E-state index in [1.54, 1.807) is 0 Å². The van der Waals surface area contributed by atoms with Crippen LogP contribution in [0.4, 0.5) is 0 Å². The highest BCUT2D eigenvalue weighted by Gasteiger charge is 2.29. The van der Waals surface area contributed by atoms with Gasteiger partial charge in [-0.15, -0.1) is 10.2 Å². The van der Waals surface area contributed by atoms with Crippen molar-refractivity contribution in [3.05, 3.63) is 35.7 Å². The molecule has 2 heterocycles. The SMILES string of the molecule is CCn1c(COc2cccc(C)c2)nnc1SCC(=O)N1[C@H](C)CCC[C@H]1C. The Morgan fingerprint density at radius 2 is 2.00 bits per heavy atom. The predicted octanol–water partition coefficient (Wildman–Crippen LogP) is 4.07. The van der Waals surface area contributed by atoms with Gasteiger partial charge in [-0.25, -0.2) is 0 Å². The zero-order valence-electron chi connectivity index (χ0n) is 17.2. The van der Waals surface area contributed by atoms with Gasteiger partial charge in [0.2, 0.25) is 5.91 Å². The fourth-order valence-electron chi connectivity index (χ4n) is 3.82. The lowest BCUT2D eigenvalue weighted by atomic mass is 9.98. The third-order valence-corrected chi connectivity index (χ3v) is 6.22. The molecule has 1 amide bonds. The van der Waals surface area contributed by atoms with E-state index < -0.39 is 0 Å². The molecule has 2 atom stereocenters. The van der Waals surface area contributed by atoms with Gasteiger partial charge in [-0.2, -0.15) is 0 Å². The van der Waals surface area contributed by atoms with Crippen molar-refractivity contribution in [2.45, 2.75) is 77.3 Å². The van der Waals surface area contributed by atoms with Gasteiger partial charge in [0.1, 0.15) is 12.4 Å². The van der Waals surface area contributed by atoms with E-state index >= 15 is 0 Å². The summed E-state index contributed by atoms with van der Waals surface area (Å²) in [6.07, 6.45) is 3.38. The molecule has 1 aromatic heterocycles. The molecule has 0 unspecified atom stereocenters. The van der Waals surface area contributed by atoms with Crippen molar-refractivity contribution in [3.63, 3.8) is 0 Å². The minimum atomic E-state index is 0.188. The quantitative estimate of drug-likeness (QED) is 0.654. The van der Waals surface area contributed by atoms with E-state index in [1.165, 1.54) is 18.2 Å². The molecule has 2 aromatic rings. The number of ether oxygens (including phenoxy) is 1. The highest BCUT2D eigenvalue weighted by molar-refractivity contribution is 7.99. The number of benzene rings is 1. The van der Waals surface area contributed by atoms with Crippen molar-refractivity contribution in [3.8, 4) is 5.75 Å². The van der Waals surface area contributed by atoms with E-state index in [-0.39, 0.29) is 5.91 Å². The summed E-state index contributed by atoms with van der Waals surface area (Å²) in [4.78, 5) is 14.8. The fourth-order valence-corrected chi connectivity index (χ4v) is 4.71. The van der Waals surface area contributed by atoms with Crippen LogP contribution in [-0.4, -0.2) is 43.4 Å². The Bertz CT molecular complexity index is 797. The van der Waals surface area contributed by atoms with Gasteiger partial charge < -0.3 is 14.2 Å². The average Bonchev–Trinajstić information content (AvgIpc) is 3.06. The first-order chi connectivity index (χ1) is 13.5. The third-order valence-electron chi connectivity index (χ3n) is 5.27. The molecular formula is C21H30N4O2S. The summed E-state index contributed by atoms with van der Waals surface area (Å²) in [5.74, 6) is 2.18. The number of carbonyl (C=O) groups is 1. The second-order valence-corrected chi connectivity index (χ2v) is 8.41. The first-order valence-electron chi connectivity index (χ1n) is 10.0. The van der Waals surface area contributed by atoms with Gasteiger partial charge in [0, 0.05) is 18.6 Å². The monoisotopic (exact) mass is 402 g/mol. The molecule has 0 spiro atoms. The van der Waals surface area contributed by atoms with Crippen LogP contribution in [0.1, 0.15) is 51.4 Å². The average molecular weight is 403 g/mol. The molecule has 0 saturated carbocycles. The number of thioether (sulfide) groups is 1. The summed E-state index contributed by atoms with van der Waals surface area (Å²) in [7, 11) is 0. The molecule has 1 fully saturated rings.